The van der Waals surface area contributed by atoms with E-state index in [1.54, 1.807) is 18.5 Å². The Bertz CT molecular complexity index is 471. The Hall–Kier alpha value is -1.74. The molecule has 0 aliphatic rings. The zero-order valence-electron chi connectivity index (χ0n) is 9.73. The zero-order chi connectivity index (χ0) is 12.1. The molecule has 0 radical (unpaired) electrons. The molecule has 1 aromatic carbocycles. The number of halogens is 1. The summed E-state index contributed by atoms with van der Waals surface area (Å²) in [6, 6.07) is 10.5. The molecule has 0 spiro atoms. The standard InChI is InChI=1S/C14H15FN2/c1-2-17-14(11-7-9-16-10-8-11)12-5-3-4-6-13(12)15/h3-10,14,17H,2H2,1H3. The quantitative estimate of drug-likeness (QED) is 0.873. The number of hydrogen-bond acceptors (Lipinski definition) is 2. The van der Waals surface area contributed by atoms with Crippen molar-refractivity contribution >= 4 is 0 Å². The summed E-state index contributed by atoms with van der Waals surface area (Å²) in [6.45, 7) is 2.79. The lowest BCUT2D eigenvalue weighted by molar-refractivity contribution is 0.559. The van der Waals surface area contributed by atoms with Crippen LogP contribution in [0.3, 0.4) is 0 Å². The van der Waals surface area contributed by atoms with Gasteiger partial charge in [0.05, 0.1) is 6.04 Å². The molecule has 2 aromatic rings. The lowest BCUT2D eigenvalue weighted by Crippen LogP contribution is -2.22. The number of nitrogens with one attached hydrogen (secondary N) is 1. The number of nitrogens with zero attached hydrogens (tertiary/aromatic N) is 1. The summed E-state index contributed by atoms with van der Waals surface area (Å²) in [4.78, 5) is 3.98. The van der Waals surface area contributed by atoms with Crippen LogP contribution < -0.4 is 5.32 Å². The van der Waals surface area contributed by atoms with Crippen molar-refractivity contribution < 1.29 is 4.39 Å². The Balaban J connectivity index is 2.39. The van der Waals surface area contributed by atoms with Crippen LogP contribution in [-0.4, -0.2) is 11.5 Å². The van der Waals surface area contributed by atoms with Gasteiger partial charge in [0.25, 0.3) is 0 Å². The summed E-state index contributed by atoms with van der Waals surface area (Å²) in [5.74, 6) is -0.185. The average Bonchev–Trinajstić information content (AvgIpc) is 2.38. The van der Waals surface area contributed by atoms with Crippen molar-refractivity contribution in [2.45, 2.75) is 13.0 Å². The van der Waals surface area contributed by atoms with Crippen LogP contribution in [0.1, 0.15) is 24.1 Å². The number of aromatic nitrogens is 1. The van der Waals surface area contributed by atoms with Crippen molar-refractivity contribution in [1.82, 2.24) is 10.3 Å². The summed E-state index contributed by atoms with van der Waals surface area (Å²) in [7, 11) is 0. The molecule has 1 unspecified atom stereocenters. The molecule has 0 fully saturated rings. The molecule has 17 heavy (non-hydrogen) atoms. The van der Waals surface area contributed by atoms with E-state index in [2.05, 4.69) is 10.3 Å². The van der Waals surface area contributed by atoms with E-state index < -0.39 is 0 Å². The highest BCUT2D eigenvalue weighted by molar-refractivity contribution is 5.31. The van der Waals surface area contributed by atoms with Gasteiger partial charge >= 0.3 is 0 Å². The average molecular weight is 230 g/mol. The maximum atomic E-state index is 13.8. The number of hydrogen-bond donors (Lipinski definition) is 1. The van der Waals surface area contributed by atoms with E-state index in [1.165, 1.54) is 6.07 Å². The highest BCUT2D eigenvalue weighted by Crippen LogP contribution is 2.23. The number of benzene rings is 1. The van der Waals surface area contributed by atoms with Crippen molar-refractivity contribution in [3.63, 3.8) is 0 Å². The van der Waals surface area contributed by atoms with E-state index in [-0.39, 0.29) is 11.9 Å². The summed E-state index contributed by atoms with van der Waals surface area (Å²) < 4.78 is 13.8. The Morgan fingerprint density at radius 1 is 1.18 bits per heavy atom. The first-order valence-electron chi connectivity index (χ1n) is 5.70. The number of pyridine rings is 1. The topological polar surface area (TPSA) is 24.9 Å². The van der Waals surface area contributed by atoms with E-state index in [4.69, 9.17) is 0 Å². The van der Waals surface area contributed by atoms with Gasteiger partial charge in [-0.15, -0.1) is 0 Å². The first-order chi connectivity index (χ1) is 8.33. The second-order valence-corrected chi connectivity index (χ2v) is 3.79. The monoisotopic (exact) mass is 230 g/mol. The molecular weight excluding hydrogens is 215 g/mol. The van der Waals surface area contributed by atoms with Gasteiger partial charge in [-0.25, -0.2) is 4.39 Å². The second kappa shape index (κ2) is 5.55. The van der Waals surface area contributed by atoms with Gasteiger partial charge in [0, 0.05) is 18.0 Å². The molecule has 2 rings (SSSR count). The van der Waals surface area contributed by atoms with E-state index >= 15 is 0 Å². The highest BCUT2D eigenvalue weighted by atomic mass is 19.1. The summed E-state index contributed by atoms with van der Waals surface area (Å²) in [5, 5.41) is 3.29. The molecule has 3 heteroatoms. The van der Waals surface area contributed by atoms with E-state index in [0.29, 0.717) is 5.56 Å². The first-order valence-corrected chi connectivity index (χ1v) is 5.70. The van der Waals surface area contributed by atoms with Gasteiger partial charge in [0.15, 0.2) is 0 Å². The third-order valence-electron chi connectivity index (χ3n) is 2.66. The van der Waals surface area contributed by atoms with E-state index in [9.17, 15) is 4.39 Å². The second-order valence-electron chi connectivity index (χ2n) is 3.79. The predicted octanol–water partition coefficient (Wildman–Crippen LogP) is 2.92. The smallest absolute Gasteiger partial charge is 0.128 e. The van der Waals surface area contributed by atoms with Gasteiger partial charge in [0.2, 0.25) is 0 Å². The SMILES string of the molecule is CCNC(c1ccncc1)c1ccccc1F. The Kier molecular flexibility index (Phi) is 3.83. The van der Waals surface area contributed by atoms with Gasteiger partial charge in [0.1, 0.15) is 5.82 Å². The molecule has 0 aliphatic carbocycles. The Labute approximate surface area is 101 Å². The first kappa shape index (κ1) is 11.7. The minimum atomic E-state index is -0.185. The third kappa shape index (κ3) is 2.68. The third-order valence-corrected chi connectivity index (χ3v) is 2.66. The molecule has 0 saturated carbocycles. The van der Waals surface area contributed by atoms with E-state index in [1.807, 2.05) is 31.2 Å². The maximum absolute atomic E-state index is 13.8. The van der Waals surface area contributed by atoms with Crippen molar-refractivity contribution in [3.05, 3.63) is 65.7 Å². The largest absolute Gasteiger partial charge is 0.306 e. The molecule has 88 valence electrons. The van der Waals surface area contributed by atoms with Crippen molar-refractivity contribution in [2.75, 3.05) is 6.54 Å². The predicted molar refractivity (Wildman–Crippen MR) is 66.2 cm³/mol. The lowest BCUT2D eigenvalue weighted by Gasteiger charge is -2.19. The Morgan fingerprint density at radius 3 is 2.53 bits per heavy atom. The fourth-order valence-electron chi connectivity index (χ4n) is 1.88. The van der Waals surface area contributed by atoms with E-state index in [0.717, 1.165) is 12.1 Å². The fraction of sp³-hybridized carbons (Fsp3) is 0.214. The molecule has 0 saturated heterocycles. The lowest BCUT2D eigenvalue weighted by atomic mass is 9.99. The van der Waals surface area contributed by atoms with Crippen molar-refractivity contribution in [3.8, 4) is 0 Å². The number of rotatable bonds is 4. The van der Waals surface area contributed by atoms with Gasteiger partial charge in [-0.1, -0.05) is 25.1 Å². The van der Waals surface area contributed by atoms with Gasteiger partial charge in [-0.2, -0.15) is 0 Å². The minimum absolute atomic E-state index is 0.121. The van der Waals surface area contributed by atoms with Crippen LogP contribution in [0, 0.1) is 5.82 Å². The van der Waals surface area contributed by atoms with Crippen LogP contribution in [0.4, 0.5) is 4.39 Å². The fourth-order valence-corrected chi connectivity index (χ4v) is 1.88. The van der Waals surface area contributed by atoms with Crippen molar-refractivity contribution in [2.24, 2.45) is 0 Å². The highest BCUT2D eigenvalue weighted by Gasteiger charge is 2.15. The Morgan fingerprint density at radius 2 is 1.88 bits per heavy atom. The van der Waals surface area contributed by atoms with Crippen LogP contribution in [-0.2, 0) is 0 Å². The minimum Gasteiger partial charge on any atom is -0.306 e. The van der Waals surface area contributed by atoms with Gasteiger partial charge in [-0.05, 0) is 30.3 Å². The van der Waals surface area contributed by atoms with Gasteiger partial charge < -0.3 is 5.32 Å². The van der Waals surface area contributed by atoms with Crippen LogP contribution in [0.2, 0.25) is 0 Å². The molecule has 2 nitrogen and oxygen atoms in total. The summed E-state index contributed by atoms with van der Waals surface area (Å²) in [6.07, 6.45) is 3.45. The molecule has 1 aromatic heterocycles. The van der Waals surface area contributed by atoms with Gasteiger partial charge in [-0.3, -0.25) is 4.98 Å². The molecular formula is C14H15FN2. The molecule has 1 atom stereocenters. The van der Waals surface area contributed by atoms with Crippen LogP contribution in [0.25, 0.3) is 0 Å². The molecule has 0 amide bonds. The van der Waals surface area contributed by atoms with Crippen LogP contribution in [0.15, 0.2) is 48.8 Å². The molecule has 1 heterocycles. The summed E-state index contributed by atoms with van der Waals surface area (Å²) in [5.41, 5.74) is 1.69. The normalized spacial score (nSPS) is 12.4. The van der Waals surface area contributed by atoms with Crippen LogP contribution in [0.5, 0.6) is 0 Å². The van der Waals surface area contributed by atoms with Crippen molar-refractivity contribution in [1.29, 1.82) is 0 Å². The maximum Gasteiger partial charge on any atom is 0.128 e. The van der Waals surface area contributed by atoms with Crippen LogP contribution >= 0.6 is 0 Å². The molecule has 1 N–H and O–H groups in total. The summed E-state index contributed by atoms with van der Waals surface area (Å²) >= 11 is 0. The molecule has 0 bridgehead atoms. The molecule has 0 aliphatic heterocycles. The zero-order valence-corrected chi connectivity index (χ0v) is 9.73.